The maximum Gasteiger partial charge on any atom is 0.261 e. The molecule has 0 radical (unpaired) electrons. The Kier molecular flexibility index (Phi) is 7.00. The van der Waals surface area contributed by atoms with Crippen LogP contribution >= 0.6 is 0 Å². The first-order chi connectivity index (χ1) is 16.7. The van der Waals surface area contributed by atoms with Crippen LogP contribution in [0.5, 0.6) is 11.5 Å². The zero-order valence-corrected chi connectivity index (χ0v) is 19.5. The molecule has 7 heteroatoms. The monoisotopic (exact) mass is 464 g/mol. The summed E-state index contributed by atoms with van der Waals surface area (Å²) >= 11 is 0. The number of ether oxygens (including phenoxy) is 3. The molecule has 0 bridgehead atoms. The fourth-order valence-electron chi connectivity index (χ4n) is 5.03. The number of piperidine rings is 1. The molecule has 0 aromatic heterocycles. The normalized spacial score (nSPS) is 20.6. The van der Waals surface area contributed by atoms with Crippen molar-refractivity contribution in [2.24, 2.45) is 0 Å². The smallest absolute Gasteiger partial charge is 0.261 e. The van der Waals surface area contributed by atoms with Crippen molar-refractivity contribution in [2.45, 2.75) is 57.3 Å². The second-order valence-corrected chi connectivity index (χ2v) is 9.25. The first-order valence-corrected chi connectivity index (χ1v) is 12.3. The molecular weight excluding hydrogens is 432 g/mol. The highest BCUT2D eigenvalue weighted by Gasteiger charge is 2.36. The molecule has 3 aliphatic rings. The first-order valence-electron chi connectivity index (χ1n) is 12.3. The largest absolute Gasteiger partial charge is 0.490 e. The van der Waals surface area contributed by atoms with Crippen LogP contribution in [-0.4, -0.2) is 60.1 Å². The fraction of sp³-hybridized carbons (Fsp3) is 0.481. The van der Waals surface area contributed by atoms with Gasteiger partial charge in [0.15, 0.2) is 6.61 Å². The van der Waals surface area contributed by atoms with E-state index in [1.54, 1.807) is 4.90 Å². The van der Waals surface area contributed by atoms with Crippen LogP contribution in [0, 0.1) is 0 Å². The molecule has 1 atom stereocenters. The molecule has 180 valence electrons. The Morgan fingerprint density at radius 3 is 2.53 bits per heavy atom. The minimum Gasteiger partial charge on any atom is -0.490 e. The van der Waals surface area contributed by atoms with E-state index >= 15 is 0 Å². The summed E-state index contributed by atoms with van der Waals surface area (Å²) < 4.78 is 17.2. The molecule has 34 heavy (non-hydrogen) atoms. The molecule has 3 aliphatic heterocycles. The minimum absolute atomic E-state index is 0.0239. The molecule has 5 rings (SSSR count). The minimum atomic E-state index is -0.423. The van der Waals surface area contributed by atoms with Crippen molar-refractivity contribution in [3.8, 4) is 11.5 Å². The molecule has 2 amide bonds. The summed E-state index contributed by atoms with van der Waals surface area (Å²) in [6.45, 7) is 3.15. The zero-order chi connectivity index (χ0) is 23.3. The number of nitrogens with zero attached hydrogens (tertiary/aromatic N) is 2. The second-order valence-electron chi connectivity index (χ2n) is 9.25. The molecule has 0 N–H and O–H groups in total. The van der Waals surface area contributed by atoms with E-state index < -0.39 is 6.04 Å². The highest BCUT2D eigenvalue weighted by Crippen LogP contribution is 2.30. The number of likely N-dealkylation sites (tertiary alicyclic amines) is 1. The summed E-state index contributed by atoms with van der Waals surface area (Å²) in [4.78, 5) is 30.1. The van der Waals surface area contributed by atoms with Crippen molar-refractivity contribution in [3.05, 3.63) is 59.7 Å². The second kappa shape index (κ2) is 10.5. The third kappa shape index (κ3) is 5.20. The molecule has 2 saturated heterocycles. The topological polar surface area (TPSA) is 68.3 Å². The Hall–Kier alpha value is -3.06. The van der Waals surface area contributed by atoms with Gasteiger partial charge in [0.05, 0.1) is 13.2 Å². The number of carbonyl (C=O) groups excluding carboxylic acids is 2. The summed E-state index contributed by atoms with van der Waals surface area (Å²) in [5.41, 5.74) is 2.27. The van der Waals surface area contributed by atoms with Crippen molar-refractivity contribution in [1.29, 1.82) is 0 Å². The SMILES string of the molecule is O=C([C@H]1CCCCN1C(=O)COc1ccccc1)N1Cc2ccc(OC3CCOCC3)cc2C1. The number of amides is 2. The predicted molar refractivity (Wildman–Crippen MR) is 126 cm³/mol. The lowest BCUT2D eigenvalue weighted by atomic mass is 10.0. The van der Waals surface area contributed by atoms with E-state index in [9.17, 15) is 9.59 Å². The van der Waals surface area contributed by atoms with Gasteiger partial charge in [-0.25, -0.2) is 0 Å². The lowest BCUT2D eigenvalue weighted by Gasteiger charge is -2.36. The Morgan fingerprint density at radius 2 is 1.71 bits per heavy atom. The molecule has 2 aromatic rings. The third-order valence-corrected chi connectivity index (χ3v) is 6.90. The van der Waals surface area contributed by atoms with Gasteiger partial charge in [-0.2, -0.15) is 0 Å². The van der Waals surface area contributed by atoms with E-state index in [0.717, 1.165) is 55.8 Å². The number of rotatable bonds is 6. The maximum atomic E-state index is 13.5. The zero-order valence-electron chi connectivity index (χ0n) is 19.5. The average Bonchev–Trinajstić information content (AvgIpc) is 3.31. The van der Waals surface area contributed by atoms with Crippen LogP contribution < -0.4 is 9.47 Å². The molecule has 2 fully saturated rings. The summed E-state index contributed by atoms with van der Waals surface area (Å²) in [5.74, 6) is 1.40. The van der Waals surface area contributed by atoms with Gasteiger partial charge < -0.3 is 24.0 Å². The summed E-state index contributed by atoms with van der Waals surface area (Å²) in [6, 6.07) is 15.0. The van der Waals surface area contributed by atoms with Crippen LogP contribution in [0.2, 0.25) is 0 Å². The van der Waals surface area contributed by atoms with E-state index in [4.69, 9.17) is 14.2 Å². The lowest BCUT2D eigenvalue weighted by Crippen LogP contribution is -2.53. The maximum absolute atomic E-state index is 13.5. The van der Waals surface area contributed by atoms with Crippen LogP contribution in [0.25, 0.3) is 0 Å². The van der Waals surface area contributed by atoms with Gasteiger partial charge in [0.1, 0.15) is 23.6 Å². The number of carbonyl (C=O) groups is 2. The van der Waals surface area contributed by atoms with Crippen molar-refractivity contribution in [1.82, 2.24) is 9.80 Å². The molecule has 7 nitrogen and oxygen atoms in total. The first kappa shape index (κ1) is 22.7. The van der Waals surface area contributed by atoms with Crippen LogP contribution in [0.3, 0.4) is 0 Å². The van der Waals surface area contributed by atoms with E-state index in [1.165, 1.54) is 0 Å². The van der Waals surface area contributed by atoms with E-state index in [-0.39, 0.29) is 24.5 Å². The Bertz CT molecular complexity index is 1010. The van der Waals surface area contributed by atoms with Crippen molar-refractivity contribution >= 4 is 11.8 Å². The molecule has 3 heterocycles. The molecule has 0 unspecified atom stereocenters. The van der Waals surface area contributed by atoms with Gasteiger partial charge >= 0.3 is 0 Å². The molecule has 0 aliphatic carbocycles. The number of hydrogen-bond acceptors (Lipinski definition) is 5. The molecule has 0 saturated carbocycles. The van der Waals surface area contributed by atoms with Crippen LogP contribution in [-0.2, 0) is 27.4 Å². The van der Waals surface area contributed by atoms with Crippen molar-refractivity contribution in [2.75, 3.05) is 26.4 Å². The summed E-state index contributed by atoms with van der Waals surface area (Å²) in [7, 11) is 0. The van der Waals surface area contributed by atoms with Crippen LogP contribution in [0.4, 0.5) is 0 Å². The predicted octanol–water partition coefficient (Wildman–Crippen LogP) is 3.55. The number of benzene rings is 2. The Morgan fingerprint density at radius 1 is 0.912 bits per heavy atom. The van der Waals surface area contributed by atoms with Gasteiger partial charge in [-0.15, -0.1) is 0 Å². The fourth-order valence-corrected chi connectivity index (χ4v) is 5.03. The third-order valence-electron chi connectivity index (χ3n) is 6.90. The summed E-state index contributed by atoms with van der Waals surface area (Å²) in [6.07, 6.45) is 4.55. The number of para-hydroxylation sites is 1. The summed E-state index contributed by atoms with van der Waals surface area (Å²) in [5, 5.41) is 0. The van der Waals surface area contributed by atoms with Gasteiger partial charge in [0, 0.05) is 32.5 Å². The molecule has 2 aromatic carbocycles. The van der Waals surface area contributed by atoms with E-state index in [2.05, 4.69) is 12.1 Å². The Labute approximate surface area is 200 Å². The average molecular weight is 465 g/mol. The van der Waals surface area contributed by atoms with Crippen LogP contribution in [0.15, 0.2) is 48.5 Å². The molecular formula is C27H32N2O5. The van der Waals surface area contributed by atoms with Crippen molar-refractivity contribution < 1.29 is 23.8 Å². The van der Waals surface area contributed by atoms with Gasteiger partial charge in [0.25, 0.3) is 5.91 Å². The van der Waals surface area contributed by atoms with Crippen LogP contribution in [0.1, 0.15) is 43.2 Å². The Balaban J connectivity index is 1.21. The standard InChI is InChI=1S/C27H32N2O5/c30-26(19-33-22-6-2-1-3-7-22)29-13-5-4-8-25(29)27(31)28-17-20-9-10-24(16-21(20)18-28)34-23-11-14-32-15-12-23/h1-3,6-7,9-10,16,23,25H,4-5,8,11-15,17-19H2/t25-/m1/s1. The van der Waals surface area contributed by atoms with Gasteiger partial charge in [-0.05, 0) is 54.7 Å². The van der Waals surface area contributed by atoms with Gasteiger partial charge in [-0.1, -0.05) is 24.3 Å². The molecule has 0 spiro atoms. The van der Waals surface area contributed by atoms with E-state index in [0.29, 0.717) is 31.8 Å². The quantitative estimate of drug-likeness (QED) is 0.654. The van der Waals surface area contributed by atoms with E-state index in [1.807, 2.05) is 41.3 Å². The highest BCUT2D eigenvalue weighted by molar-refractivity contribution is 5.88. The van der Waals surface area contributed by atoms with Gasteiger partial charge in [0.2, 0.25) is 5.91 Å². The van der Waals surface area contributed by atoms with Crippen molar-refractivity contribution in [3.63, 3.8) is 0 Å². The number of fused-ring (bicyclic) bond motifs is 1. The number of hydrogen-bond donors (Lipinski definition) is 0. The van der Waals surface area contributed by atoms with Gasteiger partial charge in [-0.3, -0.25) is 9.59 Å². The highest BCUT2D eigenvalue weighted by atomic mass is 16.5. The lowest BCUT2D eigenvalue weighted by molar-refractivity contribution is -0.149.